The van der Waals surface area contributed by atoms with Crippen LogP contribution in [-0.2, 0) is 4.79 Å². The number of amides is 1. The molecule has 1 amide bonds. The second-order valence-corrected chi connectivity index (χ2v) is 3.69. The molecule has 1 heterocycles. The van der Waals surface area contributed by atoms with Crippen LogP contribution in [0.4, 0.5) is 0 Å². The molecule has 5 nitrogen and oxygen atoms in total. The van der Waals surface area contributed by atoms with E-state index < -0.39 is 0 Å². The summed E-state index contributed by atoms with van der Waals surface area (Å²) in [6, 6.07) is 1.53. The molecule has 0 radical (unpaired) electrons. The summed E-state index contributed by atoms with van der Waals surface area (Å²) in [6.07, 6.45) is 1.43. The van der Waals surface area contributed by atoms with Crippen molar-refractivity contribution >= 4 is 29.1 Å². The van der Waals surface area contributed by atoms with Gasteiger partial charge in [0.15, 0.2) is 0 Å². The largest absolute Gasteiger partial charge is 0.475 e. The fourth-order valence-electron chi connectivity index (χ4n) is 0.919. The van der Waals surface area contributed by atoms with Crippen LogP contribution in [0.2, 0.25) is 10.0 Å². The zero-order chi connectivity index (χ0) is 12.0. The molecular weight excluding hydrogens is 253 g/mol. The van der Waals surface area contributed by atoms with E-state index in [1.54, 1.807) is 0 Å². The van der Waals surface area contributed by atoms with Crippen molar-refractivity contribution in [3.63, 3.8) is 0 Å². The molecule has 0 unspecified atom stereocenters. The third-order valence-electron chi connectivity index (χ3n) is 1.62. The van der Waals surface area contributed by atoms with Crippen molar-refractivity contribution in [2.45, 2.75) is 0 Å². The fraction of sp³-hybridized carbons (Fsp3) is 0.333. The van der Waals surface area contributed by atoms with E-state index >= 15 is 0 Å². The second-order valence-electron chi connectivity index (χ2n) is 2.84. The summed E-state index contributed by atoms with van der Waals surface area (Å²) in [6.45, 7) is 0.566. The molecule has 16 heavy (non-hydrogen) atoms. The molecule has 1 rings (SSSR count). The Labute approximate surface area is 103 Å². The molecular formula is C9H11Cl2N3O2. The highest BCUT2D eigenvalue weighted by molar-refractivity contribution is 6.35. The summed E-state index contributed by atoms with van der Waals surface area (Å²) in [7, 11) is 0. The van der Waals surface area contributed by atoms with Gasteiger partial charge in [0, 0.05) is 6.20 Å². The number of carbonyl (C=O) groups is 1. The molecule has 0 aliphatic heterocycles. The number of hydrogen-bond donors (Lipinski definition) is 2. The van der Waals surface area contributed by atoms with E-state index in [1.807, 2.05) is 0 Å². The molecule has 1 aromatic rings. The van der Waals surface area contributed by atoms with Gasteiger partial charge in [-0.25, -0.2) is 4.98 Å². The standard InChI is InChI=1S/C9H11Cl2N3O2/c10-6-3-7(11)9(14-5-6)16-2-1-13-8(15)4-12/h3,5H,1-2,4,12H2,(H,13,15). The first-order chi connectivity index (χ1) is 7.63. The van der Waals surface area contributed by atoms with Gasteiger partial charge in [0.1, 0.15) is 11.6 Å². The van der Waals surface area contributed by atoms with E-state index in [1.165, 1.54) is 12.3 Å². The van der Waals surface area contributed by atoms with E-state index in [0.29, 0.717) is 16.6 Å². The number of nitrogens with zero attached hydrogens (tertiary/aromatic N) is 1. The Morgan fingerprint density at radius 2 is 2.31 bits per heavy atom. The van der Waals surface area contributed by atoms with Crippen LogP contribution in [0.3, 0.4) is 0 Å². The summed E-state index contributed by atoms with van der Waals surface area (Å²) >= 11 is 11.5. The normalized spacial score (nSPS) is 9.94. The number of halogens is 2. The van der Waals surface area contributed by atoms with Crippen LogP contribution in [0, 0.1) is 0 Å². The van der Waals surface area contributed by atoms with E-state index in [4.69, 9.17) is 33.7 Å². The number of hydrogen-bond acceptors (Lipinski definition) is 4. The lowest BCUT2D eigenvalue weighted by Gasteiger charge is -2.07. The zero-order valence-electron chi connectivity index (χ0n) is 8.37. The summed E-state index contributed by atoms with van der Waals surface area (Å²) in [5.74, 6) is 0.0480. The third-order valence-corrected chi connectivity index (χ3v) is 2.10. The zero-order valence-corrected chi connectivity index (χ0v) is 9.88. The minimum absolute atomic E-state index is 0.0417. The van der Waals surface area contributed by atoms with Crippen LogP contribution >= 0.6 is 23.2 Å². The van der Waals surface area contributed by atoms with Gasteiger partial charge in [0.2, 0.25) is 11.8 Å². The number of nitrogens with two attached hydrogens (primary N) is 1. The van der Waals surface area contributed by atoms with Crippen LogP contribution in [0.1, 0.15) is 0 Å². The minimum Gasteiger partial charge on any atom is -0.475 e. The van der Waals surface area contributed by atoms with Crippen LogP contribution in [0.25, 0.3) is 0 Å². The maximum Gasteiger partial charge on any atom is 0.233 e. The van der Waals surface area contributed by atoms with Crippen LogP contribution in [-0.4, -0.2) is 30.6 Å². The molecule has 88 valence electrons. The van der Waals surface area contributed by atoms with Gasteiger partial charge < -0.3 is 15.8 Å². The molecule has 0 fully saturated rings. The van der Waals surface area contributed by atoms with Crippen molar-refractivity contribution in [3.05, 3.63) is 22.3 Å². The van der Waals surface area contributed by atoms with Gasteiger partial charge in [0.05, 0.1) is 18.1 Å². The van der Waals surface area contributed by atoms with Gasteiger partial charge in [-0.2, -0.15) is 0 Å². The molecule has 0 bridgehead atoms. The smallest absolute Gasteiger partial charge is 0.233 e. The van der Waals surface area contributed by atoms with Gasteiger partial charge >= 0.3 is 0 Å². The molecule has 0 saturated carbocycles. The lowest BCUT2D eigenvalue weighted by molar-refractivity contribution is -0.119. The van der Waals surface area contributed by atoms with E-state index in [2.05, 4.69) is 10.3 Å². The number of rotatable bonds is 5. The Kier molecular flexibility index (Phi) is 5.31. The van der Waals surface area contributed by atoms with Gasteiger partial charge in [-0.15, -0.1) is 0 Å². The highest BCUT2D eigenvalue weighted by Gasteiger charge is 2.04. The van der Waals surface area contributed by atoms with E-state index in [9.17, 15) is 4.79 Å². The molecule has 0 aromatic carbocycles. The summed E-state index contributed by atoms with van der Waals surface area (Å²) in [5, 5.41) is 3.32. The maximum atomic E-state index is 10.8. The predicted molar refractivity (Wildman–Crippen MR) is 61.8 cm³/mol. The average Bonchev–Trinajstić information content (AvgIpc) is 2.26. The van der Waals surface area contributed by atoms with Crippen LogP contribution in [0.5, 0.6) is 5.88 Å². The first kappa shape index (κ1) is 13.0. The van der Waals surface area contributed by atoms with Crippen molar-refractivity contribution in [1.29, 1.82) is 0 Å². The van der Waals surface area contributed by atoms with Gasteiger partial charge in [-0.3, -0.25) is 4.79 Å². The molecule has 3 N–H and O–H groups in total. The fourth-order valence-corrected chi connectivity index (χ4v) is 1.35. The minimum atomic E-state index is -0.237. The van der Waals surface area contributed by atoms with Gasteiger partial charge in [-0.05, 0) is 6.07 Å². The Hall–Kier alpha value is -1.04. The number of ether oxygens (including phenoxy) is 1. The van der Waals surface area contributed by atoms with Crippen molar-refractivity contribution in [2.75, 3.05) is 19.7 Å². The monoisotopic (exact) mass is 263 g/mol. The third kappa shape index (κ3) is 4.22. The summed E-state index contributed by atoms with van der Waals surface area (Å²) in [4.78, 5) is 14.7. The number of nitrogens with one attached hydrogen (secondary N) is 1. The average molecular weight is 264 g/mol. The Morgan fingerprint density at radius 1 is 1.56 bits per heavy atom. The summed E-state index contributed by atoms with van der Waals surface area (Å²) < 4.78 is 5.23. The Bertz CT molecular complexity index is 374. The molecule has 0 saturated heterocycles. The highest BCUT2D eigenvalue weighted by Crippen LogP contribution is 2.24. The predicted octanol–water partition coefficient (Wildman–Crippen LogP) is 0.842. The molecule has 0 aliphatic rings. The van der Waals surface area contributed by atoms with Crippen molar-refractivity contribution < 1.29 is 9.53 Å². The lowest BCUT2D eigenvalue weighted by atomic mass is 10.5. The lowest BCUT2D eigenvalue weighted by Crippen LogP contribution is -2.33. The molecule has 0 spiro atoms. The summed E-state index contributed by atoms with van der Waals surface area (Å²) in [5.41, 5.74) is 5.11. The van der Waals surface area contributed by atoms with Crippen LogP contribution < -0.4 is 15.8 Å². The Balaban J connectivity index is 2.35. The molecule has 0 aliphatic carbocycles. The second kappa shape index (κ2) is 6.52. The molecule has 1 aromatic heterocycles. The van der Waals surface area contributed by atoms with Crippen LogP contribution in [0.15, 0.2) is 12.3 Å². The van der Waals surface area contributed by atoms with Crippen molar-refractivity contribution in [2.24, 2.45) is 5.73 Å². The first-order valence-electron chi connectivity index (χ1n) is 4.54. The number of aromatic nitrogens is 1. The SMILES string of the molecule is NCC(=O)NCCOc1ncc(Cl)cc1Cl. The topological polar surface area (TPSA) is 77.2 Å². The molecule has 7 heteroatoms. The Morgan fingerprint density at radius 3 is 2.94 bits per heavy atom. The first-order valence-corrected chi connectivity index (χ1v) is 5.29. The van der Waals surface area contributed by atoms with E-state index in [0.717, 1.165) is 0 Å². The quantitative estimate of drug-likeness (QED) is 0.772. The number of pyridine rings is 1. The van der Waals surface area contributed by atoms with E-state index in [-0.39, 0.29) is 24.9 Å². The number of carbonyl (C=O) groups excluding carboxylic acids is 1. The highest BCUT2D eigenvalue weighted by atomic mass is 35.5. The van der Waals surface area contributed by atoms with Crippen molar-refractivity contribution in [3.8, 4) is 5.88 Å². The van der Waals surface area contributed by atoms with Gasteiger partial charge in [-0.1, -0.05) is 23.2 Å². The molecule has 0 atom stereocenters. The maximum absolute atomic E-state index is 10.8. The van der Waals surface area contributed by atoms with Crippen molar-refractivity contribution in [1.82, 2.24) is 10.3 Å². The van der Waals surface area contributed by atoms with Gasteiger partial charge in [0.25, 0.3) is 0 Å².